The summed E-state index contributed by atoms with van der Waals surface area (Å²) in [5.41, 5.74) is 2.58. The number of methoxy groups -OCH3 is 1. The van der Waals surface area contributed by atoms with Crippen molar-refractivity contribution >= 4 is 16.9 Å². The van der Waals surface area contributed by atoms with E-state index in [0.717, 1.165) is 25.5 Å². The maximum atomic E-state index is 5.59. The van der Waals surface area contributed by atoms with Crippen molar-refractivity contribution in [3.63, 3.8) is 0 Å². The number of H-pyrrole nitrogens is 1. The summed E-state index contributed by atoms with van der Waals surface area (Å²) in [6, 6.07) is 8.40. The predicted octanol–water partition coefficient (Wildman–Crippen LogP) is 3.33. The molecule has 0 fully saturated rings. The first-order valence-electron chi connectivity index (χ1n) is 9.05. The smallest absolute Gasteiger partial charge is 0.191 e. The van der Waals surface area contributed by atoms with Crippen LogP contribution in [0.3, 0.4) is 0 Å². The summed E-state index contributed by atoms with van der Waals surface area (Å²) in [6.45, 7) is 10.9. The zero-order chi connectivity index (χ0) is 18.3. The van der Waals surface area contributed by atoms with Crippen molar-refractivity contribution in [2.24, 2.45) is 10.4 Å². The van der Waals surface area contributed by atoms with Crippen LogP contribution in [-0.2, 0) is 11.2 Å². The minimum Gasteiger partial charge on any atom is -0.379 e. The average molecular weight is 345 g/mol. The number of guanidine groups is 1. The molecule has 3 N–H and O–H groups in total. The van der Waals surface area contributed by atoms with E-state index in [1.54, 1.807) is 7.11 Å². The van der Waals surface area contributed by atoms with Crippen LogP contribution in [0.4, 0.5) is 0 Å². The van der Waals surface area contributed by atoms with E-state index in [2.05, 4.69) is 73.8 Å². The first-order valence-corrected chi connectivity index (χ1v) is 9.05. The highest BCUT2D eigenvalue weighted by Crippen LogP contribution is 2.22. The summed E-state index contributed by atoms with van der Waals surface area (Å²) in [4.78, 5) is 8.02. The lowest BCUT2D eigenvalue weighted by Gasteiger charge is -2.28. The number of para-hydroxylation sites is 1. The van der Waals surface area contributed by atoms with E-state index in [0.29, 0.717) is 6.54 Å². The fourth-order valence-corrected chi connectivity index (χ4v) is 2.87. The fourth-order valence-electron chi connectivity index (χ4n) is 2.87. The molecule has 0 saturated heterocycles. The fraction of sp³-hybridized carbons (Fsp3) is 0.550. The Kier molecular flexibility index (Phi) is 6.88. The van der Waals surface area contributed by atoms with Gasteiger partial charge in [0.25, 0.3) is 0 Å². The first kappa shape index (κ1) is 19.3. The predicted molar refractivity (Wildman–Crippen MR) is 106 cm³/mol. The molecule has 0 radical (unpaired) electrons. The number of aromatic nitrogens is 1. The second-order valence-corrected chi connectivity index (χ2v) is 7.35. The molecule has 0 aliphatic rings. The molecule has 0 aliphatic carbocycles. The Morgan fingerprint density at radius 2 is 2.00 bits per heavy atom. The zero-order valence-electron chi connectivity index (χ0n) is 16.1. The molecule has 0 saturated carbocycles. The zero-order valence-corrected chi connectivity index (χ0v) is 16.1. The van der Waals surface area contributed by atoms with E-state index < -0.39 is 0 Å². The second kappa shape index (κ2) is 8.90. The van der Waals surface area contributed by atoms with Gasteiger partial charge in [-0.25, -0.2) is 0 Å². The van der Waals surface area contributed by atoms with Gasteiger partial charge in [0.15, 0.2) is 5.96 Å². The minimum absolute atomic E-state index is 0.0691. The lowest BCUT2D eigenvalue weighted by atomic mass is 9.89. The van der Waals surface area contributed by atoms with Crippen molar-refractivity contribution in [3.05, 3.63) is 36.0 Å². The lowest BCUT2D eigenvalue weighted by Crippen LogP contribution is -2.40. The molecule has 0 amide bonds. The molecule has 1 atom stereocenters. The van der Waals surface area contributed by atoms with Crippen LogP contribution in [0.2, 0.25) is 0 Å². The largest absolute Gasteiger partial charge is 0.379 e. The second-order valence-electron chi connectivity index (χ2n) is 7.35. The van der Waals surface area contributed by atoms with Crippen LogP contribution in [0.1, 0.15) is 33.3 Å². The number of nitrogens with zero attached hydrogens (tertiary/aromatic N) is 1. The Morgan fingerprint density at radius 1 is 1.24 bits per heavy atom. The van der Waals surface area contributed by atoms with Gasteiger partial charge in [-0.3, -0.25) is 4.99 Å². The number of aliphatic imine (C=N–C) groups is 1. The van der Waals surface area contributed by atoms with E-state index in [1.165, 1.54) is 16.5 Å². The van der Waals surface area contributed by atoms with Gasteiger partial charge < -0.3 is 20.4 Å². The monoisotopic (exact) mass is 344 g/mol. The Morgan fingerprint density at radius 3 is 2.68 bits per heavy atom. The van der Waals surface area contributed by atoms with Crippen molar-refractivity contribution in [3.8, 4) is 0 Å². The van der Waals surface area contributed by atoms with Crippen LogP contribution in [0.5, 0.6) is 0 Å². The van der Waals surface area contributed by atoms with Crippen LogP contribution in [0.25, 0.3) is 10.9 Å². The molecular weight excluding hydrogens is 312 g/mol. The van der Waals surface area contributed by atoms with Gasteiger partial charge in [-0.2, -0.15) is 0 Å². The van der Waals surface area contributed by atoms with Crippen molar-refractivity contribution in [1.29, 1.82) is 0 Å². The molecule has 0 aliphatic heterocycles. The third-order valence-electron chi connectivity index (χ3n) is 4.37. The molecule has 138 valence electrons. The lowest BCUT2D eigenvalue weighted by molar-refractivity contribution is 0.0241. The van der Waals surface area contributed by atoms with E-state index >= 15 is 0 Å². The molecule has 0 bridgehead atoms. The molecule has 2 aromatic rings. The quantitative estimate of drug-likeness (QED) is 0.533. The normalized spacial score (nSPS) is 13.9. The number of rotatable bonds is 7. The summed E-state index contributed by atoms with van der Waals surface area (Å²) in [7, 11) is 1.75. The van der Waals surface area contributed by atoms with Gasteiger partial charge in [0, 0.05) is 37.3 Å². The number of aromatic amines is 1. The summed E-state index contributed by atoms with van der Waals surface area (Å²) in [5.74, 6) is 0.841. The molecule has 2 rings (SSSR count). The molecule has 5 heteroatoms. The van der Waals surface area contributed by atoms with Crippen molar-refractivity contribution < 1.29 is 4.74 Å². The number of ether oxygens (including phenoxy) is 1. The van der Waals surface area contributed by atoms with Crippen LogP contribution in [0, 0.1) is 5.41 Å². The van der Waals surface area contributed by atoms with E-state index in [4.69, 9.17) is 9.73 Å². The topological polar surface area (TPSA) is 61.4 Å². The average Bonchev–Trinajstić information content (AvgIpc) is 2.97. The number of nitrogens with one attached hydrogen (secondary N) is 3. The molecular formula is C20H32N4O. The van der Waals surface area contributed by atoms with Gasteiger partial charge in [0.2, 0.25) is 0 Å². The maximum absolute atomic E-state index is 5.59. The van der Waals surface area contributed by atoms with Gasteiger partial charge in [0.1, 0.15) is 0 Å². The standard InChI is InChI=1S/C20H32N4O/c1-6-21-19(24-14-18(25-5)20(2,3)4)22-12-11-15-13-23-17-10-8-7-9-16(15)17/h7-10,13,18,23H,6,11-12,14H2,1-5H3,(H2,21,22,24). The van der Waals surface area contributed by atoms with Gasteiger partial charge in [0.05, 0.1) is 12.6 Å². The minimum atomic E-state index is 0.0691. The Bertz CT molecular complexity index is 684. The number of benzene rings is 1. The van der Waals surface area contributed by atoms with Crippen molar-refractivity contribution in [1.82, 2.24) is 15.6 Å². The molecule has 0 spiro atoms. The first-order chi connectivity index (χ1) is 12.0. The van der Waals surface area contributed by atoms with Crippen LogP contribution in [-0.4, -0.2) is 43.8 Å². The summed E-state index contributed by atoms with van der Waals surface area (Å²) < 4.78 is 5.59. The Hall–Kier alpha value is -2.01. The molecule has 25 heavy (non-hydrogen) atoms. The van der Waals surface area contributed by atoms with Crippen molar-refractivity contribution in [2.75, 3.05) is 26.7 Å². The number of hydrogen-bond acceptors (Lipinski definition) is 2. The van der Waals surface area contributed by atoms with Gasteiger partial charge in [-0.1, -0.05) is 39.0 Å². The molecule has 1 unspecified atom stereocenters. The number of hydrogen-bond donors (Lipinski definition) is 3. The summed E-state index contributed by atoms with van der Waals surface area (Å²) >= 11 is 0. The number of fused-ring (bicyclic) bond motifs is 1. The summed E-state index contributed by atoms with van der Waals surface area (Å²) in [6.07, 6.45) is 3.13. The van der Waals surface area contributed by atoms with Crippen LogP contribution < -0.4 is 10.6 Å². The van der Waals surface area contributed by atoms with Crippen LogP contribution >= 0.6 is 0 Å². The third kappa shape index (κ3) is 5.49. The van der Waals surface area contributed by atoms with Gasteiger partial charge in [-0.15, -0.1) is 0 Å². The SMILES string of the molecule is CCNC(=NCC(OC)C(C)(C)C)NCCc1c[nH]c2ccccc12. The maximum Gasteiger partial charge on any atom is 0.191 e. The molecule has 5 nitrogen and oxygen atoms in total. The Balaban J connectivity index is 1.93. The Labute approximate surface area is 151 Å². The summed E-state index contributed by atoms with van der Waals surface area (Å²) in [5, 5.41) is 8.02. The molecule has 1 aromatic carbocycles. The van der Waals surface area contributed by atoms with Crippen LogP contribution in [0.15, 0.2) is 35.5 Å². The van der Waals surface area contributed by atoms with E-state index in [-0.39, 0.29) is 11.5 Å². The van der Waals surface area contributed by atoms with Gasteiger partial charge in [-0.05, 0) is 30.4 Å². The highest BCUT2D eigenvalue weighted by atomic mass is 16.5. The third-order valence-corrected chi connectivity index (χ3v) is 4.37. The molecule has 1 aromatic heterocycles. The van der Waals surface area contributed by atoms with Crippen molar-refractivity contribution in [2.45, 2.75) is 40.2 Å². The highest BCUT2D eigenvalue weighted by molar-refractivity contribution is 5.83. The molecule has 1 heterocycles. The van der Waals surface area contributed by atoms with Gasteiger partial charge >= 0.3 is 0 Å². The highest BCUT2D eigenvalue weighted by Gasteiger charge is 2.24. The van der Waals surface area contributed by atoms with E-state index in [1.807, 2.05) is 0 Å². The van der Waals surface area contributed by atoms with E-state index in [9.17, 15) is 0 Å².